The quantitative estimate of drug-likeness (QED) is 0.325. The van der Waals surface area contributed by atoms with Crippen molar-refractivity contribution in [1.29, 1.82) is 0 Å². The molecule has 58 valence electrons. The van der Waals surface area contributed by atoms with Gasteiger partial charge in [0.15, 0.2) is 0 Å². The van der Waals surface area contributed by atoms with E-state index in [1.165, 1.54) is 0 Å². The molecule has 0 saturated carbocycles. The molecule has 0 fully saturated rings. The summed E-state index contributed by atoms with van der Waals surface area (Å²) in [6.45, 7) is 0. The Hall–Kier alpha value is 3.27. The molecule has 6 radical (unpaired) electrons. The van der Waals surface area contributed by atoms with Crippen LogP contribution in [0.25, 0.3) is 0 Å². The predicted octanol–water partition coefficient (Wildman–Crippen LogP) is -1.83. The fourth-order valence-corrected chi connectivity index (χ4v) is 0. The van der Waals surface area contributed by atoms with Gasteiger partial charge in [0.25, 0.3) is 0 Å². The minimum atomic E-state index is 0. The summed E-state index contributed by atoms with van der Waals surface area (Å²) in [7, 11) is 0. The molecule has 0 aromatic heterocycles. The maximum atomic E-state index is 0. The van der Waals surface area contributed by atoms with Crippen molar-refractivity contribution in [1.82, 2.24) is 0 Å². The second kappa shape index (κ2) is 187. The van der Waals surface area contributed by atoms with Crippen LogP contribution in [0.1, 0.15) is 0 Å². The number of hydrogen-bond acceptors (Lipinski definition) is 6. The Balaban J connectivity index is 0. The van der Waals surface area contributed by atoms with E-state index in [2.05, 4.69) is 0 Å². The molecule has 0 unspecified atom stereocenters. The van der Waals surface area contributed by atoms with Gasteiger partial charge in [-0.1, -0.05) is 0 Å². The number of hydrogen-bond donors (Lipinski definition) is 0. The molecule has 0 amide bonds. The van der Waals surface area contributed by atoms with Crippen molar-refractivity contribution in [2.45, 2.75) is 0 Å². The first-order chi connectivity index (χ1) is 0. The first-order valence-corrected chi connectivity index (χ1v) is 0. The van der Waals surface area contributed by atoms with Gasteiger partial charge >= 0.3 is 58.4 Å². The zero-order valence-electron chi connectivity index (χ0n) is 5.70. The van der Waals surface area contributed by atoms with Crippen molar-refractivity contribution in [2.24, 2.45) is 0 Å². The van der Waals surface area contributed by atoms with Gasteiger partial charge < -0.3 is 32.9 Å². The van der Waals surface area contributed by atoms with Crippen molar-refractivity contribution >= 4 is 48.9 Å². The predicted molar refractivity (Wildman–Crippen MR) is 23.1 cm³/mol. The van der Waals surface area contributed by atoms with E-state index in [0.717, 1.165) is 0 Å². The van der Waals surface area contributed by atoms with Gasteiger partial charge in [0.1, 0.15) is 0 Å². The minimum absolute atomic E-state index is 0. The van der Waals surface area contributed by atoms with Crippen LogP contribution in [0, 0.1) is 0 Å². The summed E-state index contributed by atoms with van der Waals surface area (Å²) in [4.78, 5) is 0. The van der Waals surface area contributed by atoms with Gasteiger partial charge in [0, 0.05) is 48.9 Å². The Kier molecular flexibility index (Phi) is 4000. The van der Waals surface area contributed by atoms with Crippen LogP contribution in [0.15, 0.2) is 0 Å². The Morgan fingerprint density at radius 1 is 0.273 bits per heavy atom. The monoisotopic (exact) mass is 536 g/mol. The SMILES string of the molecule is [OH-].[OH-].[OH-].[OH-].[OH-].[OH-].[Sb].[Sb].[Zn+2].[Zn+2].[Zn+2]. The molecule has 0 aliphatic rings. The molecule has 0 spiro atoms. The third-order valence-electron chi connectivity index (χ3n) is 0. The normalized spacial score (nSPS) is 0. The molecule has 0 bridgehead atoms. The summed E-state index contributed by atoms with van der Waals surface area (Å²) in [5.41, 5.74) is 0. The smallest absolute Gasteiger partial charge is 0.870 e. The van der Waals surface area contributed by atoms with Gasteiger partial charge in [0.2, 0.25) is 0 Å². The van der Waals surface area contributed by atoms with Crippen LogP contribution < -0.4 is 0 Å². The second-order valence-electron chi connectivity index (χ2n) is 0. The van der Waals surface area contributed by atoms with Gasteiger partial charge in [0.05, 0.1) is 0 Å². The second-order valence-corrected chi connectivity index (χ2v) is 0. The van der Waals surface area contributed by atoms with E-state index in [1.54, 1.807) is 0 Å². The van der Waals surface area contributed by atoms with E-state index < -0.39 is 0 Å². The fraction of sp³-hybridized carbons (Fsp3) is 0. The average Bonchev–Trinajstić information content (AvgIpc) is 0. The third-order valence-corrected chi connectivity index (χ3v) is 0. The van der Waals surface area contributed by atoms with Crippen LogP contribution in [0.4, 0.5) is 0 Å². The molecular formula is H6O6Sb2Zn3. The van der Waals surface area contributed by atoms with Crippen LogP contribution in [-0.4, -0.2) is 81.7 Å². The molecule has 0 aliphatic carbocycles. The third kappa shape index (κ3) is 158. The fourth-order valence-electron chi connectivity index (χ4n) is 0. The largest absolute Gasteiger partial charge is 2.00 e. The molecule has 11 heavy (non-hydrogen) atoms. The average molecular weight is 542 g/mol. The molecule has 0 saturated heterocycles. The van der Waals surface area contributed by atoms with Crippen molar-refractivity contribution in [3.05, 3.63) is 0 Å². The standard InChI is InChI=1S/6H2O.2Sb.3Zn/h6*1H2;;;;;/q;;;;;;;;3*+2/p-6. The minimum Gasteiger partial charge on any atom is -0.870 e. The topological polar surface area (TPSA) is 180 Å². The van der Waals surface area contributed by atoms with E-state index in [1.807, 2.05) is 0 Å². The Labute approximate surface area is 138 Å². The number of rotatable bonds is 0. The van der Waals surface area contributed by atoms with Gasteiger partial charge in [-0.2, -0.15) is 0 Å². The van der Waals surface area contributed by atoms with Gasteiger partial charge in [-0.15, -0.1) is 0 Å². The first kappa shape index (κ1) is 235. The summed E-state index contributed by atoms with van der Waals surface area (Å²) >= 11 is 0. The maximum Gasteiger partial charge on any atom is 2.00 e. The molecule has 0 rings (SSSR count). The summed E-state index contributed by atoms with van der Waals surface area (Å²) in [6, 6.07) is 0. The maximum absolute atomic E-state index is 0. The summed E-state index contributed by atoms with van der Waals surface area (Å²) in [5.74, 6) is 0. The van der Waals surface area contributed by atoms with Crippen molar-refractivity contribution in [3.63, 3.8) is 0 Å². The molecule has 0 aromatic carbocycles. The van der Waals surface area contributed by atoms with Crippen molar-refractivity contribution in [3.8, 4) is 0 Å². The Morgan fingerprint density at radius 3 is 0.273 bits per heavy atom. The van der Waals surface area contributed by atoms with Gasteiger partial charge in [-0.3, -0.25) is 0 Å². The summed E-state index contributed by atoms with van der Waals surface area (Å²) in [6.07, 6.45) is 0. The zero-order chi connectivity index (χ0) is 0. The first-order valence-electron chi connectivity index (χ1n) is 0. The summed E-state index contributed by atoms with van der Waals surface area (Å²) in [5, 5.41) is 0. The van der Waals surface area contributed by atoms with Crippen LogP contribution in [0.3, 0.4) is 0 Å². The van der Waals surface area contributed by atoms with E-state index in [4.69, 9.17) is 0 Å². The van der Waals surface area contributed by atoms with Crippen LogP contribution in [0.2, 0.25) is 0 Å². The zero-order valence-corrected chi connectivity index (χ0v) is 19.7. The van der Waals surface area contributed by atoms with E-state index in [-0.39, 0.29) is 140 Å². The van der Waals surface area contributed by atoms with Gasteiger partial charge in [-0.05, 0) is 0 Å². The molecule has 0 aromatic rings. The van der Waals surface area contributed by atoms with E-state index in [0.29, 0.717) is 0 Å². The van der Waals surface area contributed by atoms with E-state index in [9.17, 15) is 0 Å². The molecular weight excluding hydrogens is 536 g/mol. The van der Waals surface area contributed by atoms with Crippen molar-refractivity contribution in [2.75, 3.05) is 0 Å². The van der Waals surface area contributed by atoms with Gasteiger partial charge in [-0.25, -0.2) is 0 Å². The molecule has 0 atom stereocenters. The molecule has 0 heterocycles. The molecule has 6 N–H and O–H groups in total. The van der Waals surface area contributed by atoms with Crippen LogP contribution in [-0.2, 0) is 58.4 Å². The Bertz CT molecular complexity index is 15.8. The summed E-state index contributed by atoms with van der Waals surface area (Å²) < 4.78 is 0. The van der Waals surface area contributed by atoms with Crippen LogP contribution >= 0.6 is 0 Å². The molecule has 6 nitrogen and oxygen atoms in total. The molecule has 11 heteroatoms. The Morgan fingerprint density at radius 2 is 0.273 bits per heavy atom. The van der Waals surface area contributed by atoms with Crippen LogP contribution in [0.5, 0.6) is 0 Å². The van der Waals surface area contributed by atoms with Crippen molar-refractivity contribution < 1.29 is 91.3 Å². The van der Waals surface area contributed by atoms with E-state index >= 15 is 0 Å². The molecule has 0 aliphatic heterocycles.